The normalized spacial score (nSPS) is 11.4. The van der Waals surface area contributed by atoms with Crippen LogP contribution in [0.4, 0.5) is 11.4 Å². The first-order valence-electron chi connectivity index (χ1n) is 8.16. The molecular formula is C21H14N2O4. The number of phenolic OH excluding ortho intramolecular Hbond substituents is 1. The zero-order chi connectivity index (χ0) is 19.0. The molecule has 6 nitrogen and oxygen atoms in total. The second-order valence-corrected chi connectivity index (χ2v) is 6.00. The molecule has 4 aromatic rings. The predicted octanol–water partition coefficient (Wildman–Crippen LogP) is 5.52. The van der Waals surface area contributed by atoms with Gasteiger partial charge < -0.3 is 15.3 Å². The summed E-state index contributed by atoms with van der Waals surface area (Å²) in [4.78, 5) is 11.4. The number of aromatic carboxylic acids is 1. The second-order valence-electron chi connectivity index (χ2n) is 6.00. The maximum absolute atomic E-state index is 11.4. The fourth-order valence-electron chi connectivity index (χ4n) is 3.03. The van der Waals surface area contributed by atoms with E-state index in [2.05, 4.69) is 10.2 Å². The number of nitrogens with zero attached hydrogens (tertiary/aromatic N) is 2. The number of fused-ring (bicyclic) bond motifs is 2. The maximum Gasteiger partial charge on any atom is 0.339 e. The van der Waals surface area contributed by atoms with Gasteiger partial charge in [0.2, 0.25) is 0 Å². The van der Waals surface area contributed by atoms with Crippen LogP contribution in [0.3, 0.4) is 0 Å². The van der Waals surface area contributed by atoms with E-state index in [9.17, 15) is 20.1 Å². The standard InChI is InChI=1S/C21H14N2O4/c24-17-10-9-12-5-1-3-7-14(12)18(17)22-23-19-15-8-4-2-6-13(15)11-16(20(19)25)21(26)27/h1-11,24-25H,(H,26,27). The van der Waals surface area contributed by atoms with Crippen LogP contribution in [0.2, 0.25) is 0 Å². The highest BCUT2D eigenvalue weighted by molar-refractivity contribution is 6.04. The molecule has 6 heteroatoms. The Balaban J connectivity index is 1.96. The molecule has 0 radical (unpaired) electrons. The van der Waals surface area contributed by atoms with Gasteiger partial charge in [0.1, 0.15) is 22.7 Å². The molecule has 0 atom stereocenters. The van der Waals surface area contributed by atoms with E-state index in [1.54, 1.807) is 36.4 Å². The number of benzene rings is 4. The molecule has 0 aromatic heterocycles. The molecule has 132 valence electrons. The predicted molar refractivity (Wildman–Crippen MR) is 102 cm³/mol. The van der Waals surface area contributed by atoms with Crippen molar-refractivity contribution < 1.29 is 20.1 Å². The molecule has 0 aliphatic carbocycles. The molecule has 3 N–H and O–H groups in total. The average molecular weight is 358 g/mol. The number of aromatic hydroxyl groups is 2. The van der Waals surface area contributed by atoms with Gasteiger partial charge in [-0.15, -0.1) is 10.2 Å². The van der Waals surface area contributed by atoms with Crippen molar-refractivity contribution in [1.82, 2.24) is 0 Å². The SMILES string of the molecule is O=C(O)c1cc2ccccc2c(N=Nc2c(O)ccc3ccccc23)c1O. The fourth-order valence-corrected chi connectivity index (χ4v) is 3.03. The van der Waals surface area contributed by atoms with Crippen molar-refractivity contribution >= 4 is 38.9 Å². The summed E-state index contributed by atoms with van der Waals surface area (Å²) in [6.07, 6.45) is 0. The first-order valence-corrected chi connectivity index (χ1v) is 8.16. The lowest BCUT2D eigenvalue weighted by atomic mass is 10.0. The van der Waals surface area contributed by atoms with E-state index >= 15 is 0 Å². The average Bonchev–Trinajstić information content (AvgIpc) is 2.68. The van der Waals surface area contributed by atoms with Crippen LogP contribution >= 0.6 is 0 Å². The van der Waals surface area contributed by atoms with Gasteiger partial charge in [-0.05, 0) is 22.9 Å². The van der Waals surface area contributed by atoms with Gasteiger partial charge >= 0.3 is 5.97 Å². The maximum atomic E-state index is 11.4. The smallest absolute Gasteiger partial charge is 0.339 e. The molecular weight excluding hydrogens is 344 g/mol. The minimum atomic E-state index is -1.26. The number of carbonyl (C=O) groups is 1. The molecule has 4 aromatic carbocycles. The Kier molecular flexibility index (Phi) is 3.93. The van der Waals surface area contributed by atoms with E-state index in [-0.39, 0.29) is 22.7 Å². The summed E-state index contributed by atoms with van der Waals surface area (Å²) in [6, 6.07) is 19.0. The quantitative estimate of drug-likeness (QED) is 0.420. The highest BCUT2D eigenvalue weighted by Gasteiger charge is 2.17. The van der Waals surface area contributed by atoms with Gasteiger partial charge in [0.05, 0.1) is 0 Å². The van der Waals surface area contributed by atoms with E-state index in [0.29, 0.717) is 16.2 Å². The molecule has 27 heavy (non-hydrogen) atoms. The summed E-state index contributed by atoms with van der Waals surface area (Å²) < 4.78 is 0. The largest absolute Gasteiger partial charge is 0.506 e. The summed E-state index contributed by atoms with van der Waals surface area (Å²) >= 11 is 0. The number of carboxylic acids is 1. The molecule has 0 saturated heterocycles. The van der Waals surface area contributed by atoms with E-state index in [0.717, 1.165) is 5.39 Å². The Hall–Kier alpha value is -3.93. The van der Waals surface area contributed by atoms with Crippen LogP contribution < -0.4 is 0 Å². The van der Waals surface area contributed by atoms with E-state index < -0.39 is 11.7 Å². The first kappa shape index (κ1) is 16.5. The Morgan fingerprint density at radius 2 is 1.33 bits per heavy atom. The molecule has 4 rings (SSSR count). The Morgan fingerprint density at radius 3 is 2.04 bits per heavy atom. The van der Waals surface area contributed by atoms with Crippen LogP contribution in [-0.2, 0) is 0 Å². The van der Waals surface area contributed by atoms with Crippen LogP contribution in [0.25, 0.3) is 21.5 Å². The van der Waals surface area contributed by atoms with E-state index in [1.165, 1.54) is 12.1 Å². The lowest BCUT2D eigenvalue weighted by Crippen LogP contribution is -1.97. The first-order chi connectivity index (χ1) is 13.1. The highest BCUT2D eigenvalue weighted by atomic mass is 16.4. The van der Waals surface area contributed by atoms with Crippen LogP contribution in [0.1, 0.15) is 10.4 Å². The van der Waals surface area contributed by atoms with E-state index in [1.807, 2.05) is 18.2 Å². The molecule has 0 heterocycles. The molecule has 0 fully saturated rings. The Bertz CT molecular complexity index is 1230. The molecule has 0 unspecified atom stereocenters. The zero-order valence-electron chi connectivity index (χ0n) is 14.0. The number of carboxylic acid groups (broad SMARTS) is 1. The molecule has 0 aliphatic rings. The lowest BCUT2D eigenvalue weighted by Gasteiger charge is -2.08. The van der Waals surface area contributed by atoms with Crippen LogP contribution in [0.5, 0.6) is 11.5 Å². The minimum Gasteiger partial charge on any atom is -0.506 e. The monoisotopic (exact) mass is 358 g/mol. The summed E-state index contributed by atoms with van der Waals surface area (Å²) in [5.74, 6) is -1.79. The number of hydrogen-bond donors (Lipinski definition) is 3. The third-order valence-corrected chi connectivity index (χ3v) is 4.35. The van der Waals surface area contributed by atoms with Crippen molar-refractivity contribution in [3.63, 3.8) is 0 Å². The third kappa shape index (κ3) is 2.83. The summed E-state index contributed by atoms with van der Waals surface area (Å²) in [5.41, 5.74) is 0.0277. The van der Waals surface area contributed by atoms with Gasteiger partial charge in [-0.3, -0.25) is 0 Å². The summed E-state index contributed by atoms with van der Waals surface area (Å²) in [5, 5.41) is 41.0. The van der Waals surface area contributed by atoms with Crippen molar-refractivity contribution in [3.8, 4) is 11.5 Å². The van der Waals surface area contributed by atoms with Gasteiger partial charge in [0.25, 0.3) is 0 Å². The van der Waals surface area contributed by atoms with Gasteiger partial charge in [-0.25, -0.2) is 4.79 Å². The Labute approximate surface area is 153 Å². The molecule has 0 aliphatic heterocycles. The number of phenols is 2. The topological polar surface area (TPSA) is 102 Å². The zero-order valence-corrected chi connectivity index (χ0v) is 14.0. The van der Waals surface area contributed by atoms with Crippen molar-refractivity contribution in [3.05, 3.63) is 72.3 Å². The molecule has 0 amide bonds. The van der Waals surface area contributed by atoms with Crippen molar-refractivity contribution in [2.75, 3.05) is 0 Å². The van der Waals surface area contributed by atoms with E-state index in [4.69, 9.17) is 0 Å². The fraction of sp³-hybridized carbons (Fsp3) is 0. The molecule has 0 saturated carbocycles. The highest BCUT2D eigenvalue weighted by Crippen LogP contribution is 2.41. The third-order valence-electron chi connectivity index (χ3n) is 4.35. The second kappa shape index (κ2) is 6.42. The number of azo groups is 1. The van der Waals surface area contributed by atoms with Gasteiger partial charge in [0, 0.05) is 10.8 Å². The number of hydrogen-bond acceptors (Lipinski definition) is 5. The minimum absolute atomic E-state index is 0.0397. The number of rotatable bonds is 3. The lowest BCUT2D eigenvalue weighted by molar-refractivity contribution is 0.0694. The van der Waals surface area contributed by atoms with Crippen molar-refractivity contribution in [2.24, 2.45) is 10.2 Å². The van der Waals surface area contributed by atoms with Gasteiger partial charge in [0.15, 0.2) is 5.75 Å². The van der Waals surface area contributed by atoms with Crippen LogP contribution in [0, 0.1) is 0 Å². The van der Waals surface area contributed by atoms with Crippen molar-refractivity contribution in [1.29, 1.82) is 0 Å². The Morgan fingerprint density at radius 1 is 0.741 bits per heavy atom. The van der Waals surface area contributed by atoms with Crippen molar-refractivity contribution in [2.45, 2.75) is 0 Å². The molecule has 0 bridgehead atoms. The molecule has 0 spiro atoms. The summed E-state index contributed by atoms with van der Waals surface area (Å²) in [7, 11) is 0. The van der Waals surface area contributed by atoms with Gasteiger partial charge in [-0.2, -0.15) is 0 Å². The summed E-state index contributed by atoms with van der Waals surface area (Å²) in [6.45, 7) is 0. The van der Waals surface area contributed by atoms with Crippen LogP contribution in [-0.4, -0.2) is 21.3 Å². The van der Waals surface area contributed by atoms with Crippen LogP contribution in [0.15, 0.2) is 77.0 Å². The van der Waals surface area contributed by atoms with Gasteiger partial charge in [-0.1, -0.05) is 54.6 Å².